The maximum absolute atomic E-state index is 12.8. The standard InChI is InChI=1S/C18H16BrClN2O3/c1-18(12-3-2-4-13(19)11-12)16(23)22(17(24)21-18)9-10-25-15-7-5-14(20)6-8-15/h2-8,11H,9-10H2,1H3,(H,21,24). The van der Waals surface area contributed by atoms with Crippen LogP contribution in [0, 0.1) is 0 Å². The van der Waals surface area contributed by atoms with Crippen molar-refractivity contribution >= 4 is 39.5 Å². The maximum Gasteiger partial charge on any atom is 0.325 e. The fraction of sp³-hybridized carbons (Fsp3) is 0.222. The Kier molecular flexibility index (Phi) is 5.01. The van der Waals surface area contributed by atoms with E-state index < -0.39 is 11.6 Å². The van der Waals surface area contributed by atoms with Crippen molar-refractivity contribution in [3.8, 4) is 5.75 Å². The molecule has 1 unspecified atom stereocenters. The molecule has 0 bridgehead atoms. The van der Waals surface area contributed by atoms with Crippen LogP contribution in [0.4, 0.5) is 4.79 Å². The molecule has 2 aromatic rings. The highest BCUT2D eigenvalue weighted by Gasteiger charge is 2.48. The van der Waals surface area contributed by atoms with Crippen LogP contribution in [0.1, 0.15) is 12.5 Å². The first-order valence-corrected chi connectivity index (χ1v) is 8.86. The fourth-order valence-electron chi connectivity index (χ4n) is 2.68. The minimum Gasteiger partial charge on any atom is -0.492 e. The van der Waals surface area contributed by atoms with Gasteiger partial charge in [0.2, 0.25) is 0 Å². The molecule has 25 heavy (non-hydrogen) atoms. The molecule has 1 aliphatic heterocycles. The van der Waals surface area contributed by atoms with Crippen molar-refractivity contribution in [3.05, 3.63) is 63.6 Å². The number of carbonyl (C=O) groups excluding carboxylic acids is 2. The van der Waals surface area contributed by atoms with E-state index in [1.54, 1.807) is 31.2 Å². The third kappa shape index (κ3) is 3.65. The van der Waals surface area contributed by atoms with E-state index in [0.29, 0.717) is 10.8 Å². The number of rotatable bonds is 5. The average molecular weight is 424 g/mol. The lowest BCUT2D eigenvalue weighted by Gasteiger charge is -2.22. The van der Waals surface area contributed by atoms with Gasteiger partial charge in [0.05, 0.1) is 6.54 Å². The van der Waals surface area contributed by atoms with Gasteiger partial charge in [0, 0.05) is 9.50 Å². The topological polar surface area (TPSA) is 58.6 Å². The summed E-state index contributed by atoms with van der Waals surface area (Å²) in [6.45, 7) is 2.07. The van der Waals surface area contributed by atoms with Gasteiger partial charge in [-0.15, -0.1) is 0 Å². The minimum absolute atomic E-state index is 0.164. The molecule has 1 atom stereocenters. The average Bonchev–Trinajstić information content (AvgIpc) is 2.81. The first-order valence-electron chi connectivity index (χ1n) is 7.69. The highest BCUT2D eigenvalue weighted by Crippen LogP contribution is 2.30. The van der Waals surface area contributed by atoms with Crippen LogP contribution in [0.5, 0.6) is 5.75 Å². The molecule has 0 radical (unpaired) electrons. The highest BCUT2D eigenvalue weighted by molar-refractivity contribution is 9.10. The van der Waals surface area contributed by atoms with E-state index in [2.05, 4.69) is 21.2 Å². The Bertz CT molecular complexity index is 812. The largest absolute Gasteiger partial charge is 0.492 e. The van der Waals surface area contributed by atoms with Gasteiger partial charge >= 0.3 is 6.03 Å². The van der Waals surface area contributed by atoms with Crippen molar-refractivity contribution in [2.75, 3.05) is 13.2 Å². The molecule has 3 rings (SSSR count). The molecule has 2 aromatic carbocycles. The van der Waals surface area contributed by atoms with Crippen LogP contribution in [-0.2, 0) is 10.3 Å². The zero-order valence-electron chi connectivity index (χ0n) is 13.5. The lowest BCUT2D eigenvalue weighted by molar-refractivity contribution is -0.131. The first-order chi connectivity index (χ1) is 11.9. The number of benzene rings is 2. The molecule has 0 aliphatic carbocycles. The van der Waals surface area contributed by atoms with E-state index in [1.807, 2.05) is 24.3 Å². The van der Waals surface area contributed by atoms with Crippen LogP contribution in [0.25, 0.3) is 0 Å². The van der Waals surface area contributed by atoms with E-state index >= 15 is 0 Å². The summed E-state index contributed by atoms with van der Waals surface area (Å²) in [6, 6.07) is 13.8. The summed E-state index contributed by atoms with van der Waals surface area (Å²) in [6.07, 6.45) is 0. The summed E-state index contributed by atoms with van der Waals surface area (Å²) in [4.78, 5) is 26.2. The molecular weight excluding hydrogens is 408 g/mol. The number of hydrogen-bond donors (Lipinski definition) is 1. The second-order valence-corrected chi connectivity index (χ2v) is 7.18. The smallest absolute Gasteiger partial charge is 0.325 e. The molecule has 1 heterocycles. The van der Waals surface area contributed by atoms with E-state index in [1.165, 1.54) is 4.90 Å². The minimum atomic E-state index is -1.08. The van der Waals surface area contributed by atoms with Crippen molar-refractivity contribution < 1.29 is 14.3 Å². The highest BCUT2D eigenvalue weighted by atomic mass is 79.9. The quantitative estimate of drug-likeness (QED) is 0.741. The Hall–Kier alpha value is -2.05. The van der Waals surface area contributed by atoms with Gasteiger partial charge in [-0.2, -0.15) is 0 Å². The molecule has 1 N–H and O–H groups in total. The number of amides is 3. The molecule has 130 valence electrons. The van der Waals surface area contributed by atoms with Gasteiger partial charge in [-0.25, -0.2) is 4.79 Å². The summed E-state index contributed by atoms with van der Waals surface area (Å²) in [5.74, 6) is 0.335. The van der Waals surface area contributed by atoms with Gasteiger partial charge in [0.1, 0.15) is 17.9 Å². The summed E-state index contributed by atoms with van der Waals surface area (Å²) in [5.41, 5.74) is -0.359. The van der Waals surface area contributed by atoms with Crippen LogP contribution < -0.4 is 10.1 Å². The van der Waals surface area contributed by atoms with Crippen molar-refractivity contribution in [1.82, 2.24) is 10.2 Å². The van der Waals surface area contributed by atoms with Crippen LogP contribution in [-0.4, -0.2) is 30.0 Å². The van der Waals surface area contributed by atoms with Crippen molar-refractivity contribution in [2.45, 2.75) is 12.5 Å². The molecule has 5 nitrogen and oxygen atoms in total. The first kappa shape index (κ1) is 17.8. The van der Waals surface area contributed by atoms with Gasteiger partial charge in [-0.05, 0) is 48.9 Å². The molecule has 0 aromatic heterocycles. The zero-order valence-corrected chi connectivity index (χ0v) is 15.8. The Labute approximate surface area is 159 Å². The van der Waals surface area contributed by atoms with Gasteiger partial charge in [-0.1, -0.05) is 39.7 Å². The number of urea groups is 1. The van der Waals surface area contributed by atoms with E-state index in [0.717, 1.165) is 10.0 Å². The third-order valence-corrected chi connectivity index (χ3v) is 4.82. The monoisotopic (exact) mass is 422 g/mol. The van der Waals surface area contributed by atoms with Crippen LogP contribution in [0.3, 0.4) is 0 Å². The summed E-state index contributed by atoms with van der Waals surface area (Å²) < 4.78 is 6.42. The van der Waals surface area contributed by atoms with Gasteiger partial charge < -0.3 is 10.1 Å². The lowest BCUT2D eigenvalue weighted by atomic mass is 9.92. The predicted octanol–water partition coefficient (Wildman–Crippen LogP) is 3.95. The zero-order chi connectivity index (χ0) is 18.0. The normalized spacial score (nSPS) is 19.9. The SMILES string of the molecule is CC1(c2cccc(Br)c2)NC(=O)N(CCOc2ccc(Cl)cc2)C1=O. The molecule has 1 fully saturated rings. The Morgan fingerprint density at radius 1 is 1.20 bits per heavy atom. The lowest BCUT2D eigenvalue weighted by Crippen LogP contribution is -2.41. The molecule has 1 aliphatic rings. The summed E-state index contributed by atoms with van der Waals surface area (Å²) in [7, 11) is 0. The number of ether oxygens (including phenoxy) is 1. The molecule has 1 saturated heterocycles. The molecular formula is C18H16BrClN2O3. The van der Waals surface area contributed by atoms with Crippen LogP contribution in [0.15, 0.2) is 53.0 Å². The number of hydrogen-bond acceptors (Lipinski definition) is 3. The second kappa shape index (κ2) is 7.06. The number of halogens is 2. The Morgan fingerprint density at radius 3 is 2.60 bits per heavy atom. The second-order valence-electron chi connectivity index (χ2n) is 5.82. The van der Waals surface area contributed by atoms with E-state index in [9.17, 15) is 9.59 Å². The third-order valence-electron chi connectivity index (χ3n) is 4.07. The molecule has 7 heteroatoms. The number of carbonyl (C=O) groups is 2. The number of nitrogens with zero attached hydrogens (tertiary/aromatic N) is 1. The molecule has 3 amide bonds. The van der Waals surface area contributed by atoms with Gasteiger partial charge in [0.15, 0.2) is 0 Å². The Balaban J connectivity index is 1.68. The maximum atomic E-state index is 12.8. The van der Waals surface area contributed by atoms with Crippen molar-refractivity contribution in [1.29, 1.82) is 0 Å². The van der Waals surface area contributed by atoms with E-state index in [-0.39, 0.29) is 19.1 Å². The van der Waals surface area contributed by atoms with Crippen LogP contribution >= 0.6 is 27.5 Å². The fourth-order valence-corrected chi connectivity index (χ4v) is 3.21. The Morgan fingerprint density at radius 2 is 1.92 bits per heavy atom. The molecule has 0 saturated carbocycles. The van der Waals surface area contributed by atoms with Crippen molar-refractivity contribution in [2.24, 2.45) is 0 Å². The number of nitrogens with one attached hydrogen (secondary N) is 1. The van der Waals surface area contributed by atoms with E-state index in [4.69, 9.17) is 16.3 Å². The summed E-state index contributed by atoms with van der Waals surface area (Å²) >= 11 is 9.21. The van der Waals surface area contributed by atoms with Crippen LogP contribution in [0.2, 0.25) is 5.02 Å². The van der Waals surface area contributed by atoms with Crippen molar-refractivity contribution in [3.63, 3.8) is 0 Å². The molecule has 0 spiro atoms. The summed E-state index contributed by atoms with van der Waals surface area (Å²) in [5, 5.41) is 3.39. The predicted molar refractivity (Wildman–Crippen MR) is 98.7 cm³/mol. The number of imide groups is 1. The van der Waals surface area contributed by atoms with Gasteiger partial charge in [0.25, 0.3) is 5.91 Å². The van der Waals surface area contributed by atoms with Gasteiger partial charge in [-0.3, -0.25) is 9.69 Å².